The Hall–Kier alpha value is -4.46. The summed E-state index contributed by atoms with van der Waals surface area (Å²) in [5.74, 6) is 0.464. The Kier molecular flexibility index (Phi) is 6.91. The smallest absolute Gasteiger partial charge is 0.279 e. The summed E-state index contributed by atoms with van der Waals surface area (Å²) < 4.78 is 11.5. The zero-order valence-electron chi connectivity index (χ0n) is 20.0. The van der Waals surface area contributed by atoms with E-state index in [4.69, 9.17) is 9.15 Å². The van der Waals surface area contributed by atoms with E-state index >= 15 is 0 Å². The summed E-state index contributed by atoms with van der Waals surface area (Å²) in [5.41, 5.74) is 9.81. The van der Waals surface area contributed by atoms with Gasteiger partial charge in [-0.15, -0.1) is 10.2 Å². The van der Waals surface area contributed by atoms with Crippen molar-refractivity contribution in [1.29, 1.82) is 0 Å². The summed E-state index contributed by atoms with van der Waals surface area (Å²) in [6.45, 7) is 7.51. The maximum atomic E-state index is 12.5. The van der Waals surface area contributed by atoms with Gasteiger partial charge in [-0.25, -0.2) is 0 Å². The Labute approximate surface area is 203 Å². The number of hydrogen-bond donors (Lipinski definition) is 2. The first-order chi connectivity index (χ1) is 16.8. The van der Waals surface area contributed by atoms with Crippen LogP contribution in [0.2, 0.25) is 0 Å². The number of nitrogens with one attached hydrogen (secondary N) is 2. The largest absolute Gasteiger partial charge is 0.481 e. The van der Waals surface area contributed by atoms with Crippen LogP contribution in [0.5, 0.6) is 5.75 Å². The second kappa shape index (κ2) is 10.2. The predicted octanol–water partition coefficient (Wildman–Crippen LogP) is 4.56. The van der Waals surface area contributed by atoms with E-state index in [0.29, 0.717) is 28.7 Å². The Morgan fingerprint density at radius 3 is 2.26 bits per heavy atom. The van der Waals surface area contributed by atoms with Crippen LogP contribution < -0.4 is 15.6 Å². The van der Waals surface area contributed by atoms with E-state index in [1.807, 2.05) is 57.2 Å². The molecule has 0 bridgehead atoms. The molecular formula is C27H26N4O4. The second-order valence-corrected chi connectivity index (χ2v) is 8.26. The van der Waals surface area contributed by atoms with Gasteiger partial charge in [0.25, 0.3) is 11.8 Å². The average molecular weight is 471 g/mol. The van der Waals surface area contributed by atoms with Gasteiger partial charge in [0.1, 0.15) is 5.75 Å². The molecule has 1 heterocycles. The molecule has 8 nitrogen and oxygen atoms in total. The number of rotatable bonds is 6. The molecule has 0 radical (unpaired) electrons. The summed E-state index contributed by atoms with van der Waals surface area (Å²) in [6, 6.07) is 20.1. The van der Waals surface area contributed by atoms with Crippen LogP contribution in [0, 0.1) is 20.8 Å². The molecule has 4 aromatic rings. The van der Waals surface area contributed by atoms with Crippen molar-refractivity contribution >= 4 is 11.8 Å². The van der Waals surface area contributed by atoms with Gasteiger partial charge in [0.15, 0.2) is 6.10 Å². The van der Waals surface area contributed by atoms with Gasteiger partial charge in [-0.05, 0) is 81.3 Å². The lowest BCUT2D eigenvalue weighted by atomic mass is 10.1. The fourth-order valence-electron chi connectivity index (χ4n) is 3.39. The number of aromatic nitrogens is 2. The average Bonchev–Trinajstić information content (AvgIpc) is 3.35. The van der Waals surface area contributed by atoms with Gasteiger partial charge in [0, 0.05) is 16.7 Å². The van der Waals surface area contributed by atoms with E-state index in [9.17, 15) is 9.59 Å². The number of ether oxygens (including phenoxy) is 1. The van der Waals surface area contributed by atoms with Crippen LogP contribution in [0.25, 0.3) is 22.9 Å². The maximum Gasteiger partial charge on any atom is 0.279 e. The molecule has 0 saturated carbocycles. The fourth-order valence-corrected chi connectivity index (χ4v) is 3.39. The molecule has 1 unspecified atom stereocenters. The molecule has 1 atom stereocenters. The molecule has 0 aliphatic heterocycles. The SMILES string of the molecule is Cc1cccc(-c2nnc(-c3ccc(C(=O)NNC(=O)C(C)Oc4cccc(C)c4C)cc3)o2)c1. The van der Waals surface area contributed by atoms with Gasteiger partial charge < -0.3 is 9.15 Å². The number of carbonyl (C=O) groups excluding carboxylic acids is 2. The highest BCUT2D eigenvalue weighted by molar-refractivity contribution is 5.96. The number of aryl methyl sites for hydroxylation is 2. The van der Waals surface area contributed by atoms with Gasteiger partial charge in [-0.2, -0.15) is 0 Å². The van der Waals surface area contributed by atoms with E-state index in [0.717, 1.165) is 22.3 Å². The Morgan fingerprint density at radius 1 is 0.857 bits per heavy atom. The van der Waals surface area contributed by atoms with E-state index in [1.54, 1.807) is 37.3 Å². The summed E-state index contributed by atoms with van der Waals surface area (Å²) >= 11 is 0. The lowest BCUT2D eigenvalue weighted by molar-refractivity contribution is -0.128. The lowest BCUT2D eigenvalue weighted by Crippen LogP contribution is -2.47. The van der Waals surface area contributed by atoms with Crippen molar-refractivity contribution in [3.8, 4) is 28.7 Å². The molecule has 1 aromatic heterocycles. The van der Waals surface area contributed by atoms with E-state index in [1.165, 1.54) is 0 Å². The van der Waals surface area contributed by atoms with Crippen LogP contribution in [0.1, 0.15) is 34.0 Å². The van der Waals surface area contributed by atoms with Gasteiger partial charge >= 0.3 is 0 Å². The molecule has 0 aliphatic rings. The van der Waals surface area contributed by atoms with Crippen molar-refractivity contribution in [3.05, 3.63) is 89.0 Å². The maximum absolute atomic E-state index is 12.5. The van der Waals surface area contributed by atoms with Crippen molar-refractivity contribution in [2.75, 3.05) is 0 Å². The van der Waals surface area contributed by atoms with Crippen molar-refractivity contribution in [1.82, 2.24) is 21.0 Å². The molecule has 0 spiro atoms. The topological polar surface area (TPSA) is 106 Å². The van der Waals surface area contributed by atoms with Crippen LogP contribution in [0.3, 0.4) is 0 Å². The molecule has 2 amide bonds. The normalized spacial score (nSPS) is 11.5. The Balaban J connectivity index is 1.34. The van der Waals surface area contributed by atoms with E-state index in [-0.39, 0.29) is 0 Å². The number of carbonyl (C=O) groups is 2. The highest BCUT2D eigenvalue weighted by atomic mass is 16.5. The summed E-state index contributed by atoms with van der Waals surface area (Å²) in [5, 5.41) is 8.22. The van der Waals surface area contributed by atoms with Crippen LogP contribution in [0.15, 0.2) is 71.1 Å². The third-order valence-electron chi connectivity index (χ3n) is 5.61. The molecular weight excluding hydrogens is 444 g/mol. The monoisotopic (exact) mass is 470 g/mol. The van der Waals surface area contributed by atoms with E-state index < -0.39 is 17.9 Å². The predicted molar refractivity (Wildman–Crippen MR) is 132 cm³/mol. The van der Waals surface area contributed by atoms with Crippen molar-refractivity contribution < 1.29 is 18.7 Å². The minimum atomic E-state index is -0.793. The number of amides is 2. The third-order valence-corrected chi connectivity index (χ3v) is 5.61. The number of nitrogens with zero attached hydrogens (tertiary/aromatic N) is 2. The molecule has 0 saturated heterocycles. The molecule has 3 aromatic carbocycles. The highest BCUT2D eigenvalue weighted by Crippen LogP contribution is 2.25. The quantitative estimate of drug-likeness (QED) is 0.400. The van der Waals surface area contributed by atoms with Crippen molar-refractivity contribution in [2.45, 2.75) is 33.8 Å². The zero-order valence-corrected chi connectivity index (χ0v) is 20.0. The first-order valence-electron chi connectivity index (χ1n) is 11.2. The summed E-state index contributed by atoms with van der Waals surface area (Å²) in [7, 11) is 0. The van der Waals surface area contributed by atoms with Crippen LogP contribution >= 0.6 is 0 Å². The number of hydrogen-bond acceptors (Lipinski definition) is 6. The molecule has 178 valence electrons. The first-order valence-corrected chi connectivity index (χ1v) is 11.2. The minimum Gasteiger partial charge on any atom is -0.481 e. The van der Waals surface area contributed by atoms with Gasteiger partial charge in [-0.3, -0.25) is 20.4 Å². The fraction of sp³-hybridized carbons (Fsp3) is 0.185. The lowest BCUT2D eigenvalue weighted by Gasteiger charge is -2.17. The van der Waals surface area contributed by atoms with Crippen molar-refractivity contribution in [3.63, 3.8) is 0 Å². The van der Waals surface area contributed by atoms with Crippen LogP contribution in [-0.2, 0) is 4.79 Å². The van der Waals surface area contributed by atoms with Gasteiger partial charge in [-0.1, -0.05) is 29.8 Å². The van der Waals surface area contributed by atoms with Crippen LogP contribution in [0.4, 0.5) is 0 Å². The number of benzene rings is 3. The zero-order chi connectivity index (χ0) is 24.9. The molecule has 4 rings (SSSR count). The van der Waals surface area contributed by atoms with Gasteiger partial charge in [0.05, 0.1) is 0 Å². The standard InChI is InChI=1S/C27H26N4O4/c1-16-7-5-9-22(15-16)27-31-30-26(35-27)21-13-11-20(12-14-21)25(33)29-28-24(32)19(4)34-23-10-6-8-17(2)18(23)3/h5-15,19H,1-4H3,(H,28,32)(H,29,33). The minimum absolute atomic E-state index is 0.346. The third kappa shape index (κ3) is 5.55. The molecule has 0 aliphatic carbocycles. The number of hydrazine groups is 1. The highest BCUT2D eigenvalue weighted by Gasteiger charge is 2.17. The second-order valence-electron chi connectivity index (χ2n) is 8.26. The first kappa shape index (κ1) is 23.7. The summed E-state index contributed by atoms with van der Waals surface area (Å²) in [4.78, 5) is 24.9. The van der Waals surface area contributed by atoms with Crippen LogP contribution in [-0.4, -0.2) is 28.1 Å². The van der Waals surface area contributed by atoms with Crippen molar-refractivity contribution in [2.24, 2.45) is 0 Å². The van der Waals surface area contributed by atoms with E-state index in [2.05, 4.69) is 21.0 Å². The Bertz CT molecular complexity index is 1360. The Morgan fingerprint density at radius 2 is 1.54 bits per heavy atom. The summed E-state index contributed by atoms with van der Waals surface area (Å²) in [6.07, 6.45) is -0.793. The molecule has 0 fully saturated rings. The van der Waals surface area contributed by atoms with Gasteiger partial charge in [0.2, 0.25) is 11.8 Å². The molecule has 2 N–H and O–H groups in total. The molecule has 8 heteroatoms. The molecule has 35 heavy (non-hydrogen) atoms.